The van der Waals surface area contributed by atoms with Crippen molar-refractivity contribution in [1.82, 2.24) is 19.7 Å². The number of hydrogen-bond donors (Lipinski definition) is 1. The van der Waals surface area contributed by atoms with Crippen LogP contribution in [-0.2, 0) is 4.74 Å². The fraction of sp³-hybridized carbons (Fsp3) is 0.545. The van der Waals surface area contributed by atoms with Crippen molar-refractivity contribution in [2.45, 2.75) is 25.8 Å². The van der Waals surface area contributed by atoms with Gasteiger partial charge >= 0.3 is 0 Å². The first-order chi connectivity index (χ1) is 8.27. The number of aryl methyl sites for hydroxylation is 1. The lowest BCUT2D eigenvalue weighted by molar-refractivity contribution is 0.0672. The van der Waals surface area contributed by atoms with E-state index in [0.29, 0.717) is 11.9 Å². The quantitative estimate of drug-likeness (QED) is 0.797. The summed E-state index contributed by atoms with van der Waals surface area (Å²) in [4.78, 5) is 8.32. The molecule has 0 amide bonds. The zero-order valence-electron chi connectivity index (χ0n) is 9.76. The van der Waals surface area contributed by atoms with Crippen molar-refractivity contribution in [1.29, 1.82) is 0 Å². The van der Waals surface area contributed by atoms with Crippen molar-refractivity contribution in [2.24, 2.45) is 0 Å². The average molecular weight is 233 g/mol. The fourth-order valence-corrected chi connectivity index (χ4v) is 2.35. The Bertz CT molecular complexity index is 544. The van der Waals surface area contributed by atoms with Crippen LogP contribution in [0.5, 0.6) is 0 Å². The van der Waals surface area contributed by atoms with Gasteiger partial charge in [-0.25, -0.2) is 14.6 Å². The molecule has 0 bridgehead atoms. The lowest BCUT2D eigenvalue weighted by Gasteiger charge is -2.22. The van der Waals surface area contributed by atoms with Crippen molar-refractivity contribution >= 4 is 16.9 Å². The molecule has 90 valence electrons. The van der Waals surface area contributed by atoms with Gasteiger partial charge in [-0.15, -0.1) is 0 Å². The molecule has 1 aliphatic heterocycles. The molecule has 6 nitrogen and oxygen atoms in total. The van der Waals surface area contributed by atoms with E-state index < -0.39 is 0 Å². The van der Waals surface area contributed by atoms with Gasteiger partial charge in [0.25, 0.3) is 0 Å². The SMILES string of the molecule is Cc1nn(C2CCOCC2)c2ncnc(N)c12. The molecule has 2 aromatic heterocycles. The number of aromatic nitrogens is 4. The molecular formula is C11H15N5O. The molecule has 17 heavy (non-hydrogen) atoms. The minimum Gasteiger partial charge on any atom is -0.383 e. The highest BCUT2D eigenvalue weighted by atomic mass is 16.5. The maximum Gasteiger partial charge on any atom is 0.163 e. The second-order valence-corrected chi connectivity index (χ2v) is 4.33. The third-order valence-electron chi connectivity index (χ3n) is 3.23. The molecule has 3 rings (SSSR count). The lowest BCUT2D eigenvalue weighted by atomic mass is 10.1. The number of nitrogen functional groups attached to an aromatic ring is 1. The molecule has 0 aromatic carbocycles. The van der Waals surface area contributed by atoms with Crippen LogP contribution >= 0.6 is 0 Å². The Morgan fingerprint density at radius 1 is 1.35 bits per heavy atom. The lowest BCUT2D eigenvalue weighted by Crippen LogP contribution is -2.20. The molecule has 1 fully saturated rings. The standard InChI is InChI=1S/C11H15N5O/c1-7-9-10(12)13-6-14-11(9)16(15-7)8-2-4-17-5-3-8/h6,8H,2-5H2,1H3,(H2,12,13,14). The van der Waals surface area contributed by atoms with Gasteiger partial charge in [-0.2, -0.15) is 5.10 Å². The highest BCUT2D eigenvalue weighted by molar-refractivity contribution is 5.87. The molecule has 0 unspecified atom stereocenters. The smallest absolute Gasteiger partial charge is 0.163 e. The molecule has 0 atom stereocenters. The highest BCUT2D eigenvalue weighted by Gasteiger charge is 2.21. The highest BCUT2D eigenvalue weighted by Crippen LogP contribution is 2.27. The molecule has 0 aliphatic carbocycles. The Labute approximate surface area is 98.8 Å². The summed E-state index contributed by atoms with van der Waals surface area (Å²) in [5, 5.41) is 5.43. The summed E-state index contributed by atoms with van der Waals surface area (Å²) in [5.74, 6) is 0.505. The third-order valence-corrected chi connectivity index (χ3v) is 3.23. The van der Waals surface area contributed by atoms with Crippen molar-refractivity contribution in [3.05, 3.63) is 12.0 Å². The number of ether oxygens (including phenoxy) is 1. The predicted octanol–water partition coefficient (Wildman–Crippen LogP) is 1.07. The predicted molar refractivity (Wildman–Crippen MR) is 63.6 cm³/mol. The Hall–Kier alpha value is -1.69. The van der Waals surface area contributed by atoms with Crippen molar-refractivity contribution < 1.29 is 4.74 Å². The van der Waals surface area contributed by atoms with Gasteiger partial charge in [0.1, 0.15) is 12.1 Å². The average Bonchev–Trinajstić information content (AvgIpc) is 2.69. The van der Waals surface area contributed by atoms with E-state index in [1.165, 1.54) is 6.33 Å². The first kappa shape index (κ1) is 10.5. The van der Waals surface area contributed by atoms with Gasteiger partial charge in [-0.05, 0) is 19.8 Å². The van der Waals surface area contributed by atoms with Crippen LogP contribution in [0.25, 0.3) is 11.0 Å². The Kier molecular flexibility index (Phi) is 2.44. The summed E-state index contributed by atoms with van der Waals surface area (Å²) in [6.07, 6.45) is 3.44. The minimum atomic E-state index is 0.356. The van der Waals surface area contributed by atoms with Crippen LogP contribution in [0.1, 0.15) is 24.6 Å². The molecule has 3 heterocycles. The van der Waals surface area contributed by atoms with Gasteiger partial charge in [0.05, 0.1) is 17.1 Å². The summed E-state index contributed by atoms with van der Waals surface area (Å²) in [6.45, 7) is 3.51. The van der Waals surface area contributed by atoms with Gasteiger partial charge in [0.15, 0.2) is 5.65 Å². The molecule has 2 N–H and O–H groups in total. The van der Waals surface area contributed by atoms with Gasteiger partial charge in [-0.1, -0.05) is 0 Å². The molecule has 2 aromatic rings. The van der Waals surface area contributed by atoms with Gasteiger partial charge < -0.3 is 10.5 Å². The first-order valence-electron chi connectivity index (χ1n) is 5.80. The number of nitrogens with zero attached hydrogens (tertiary/aromatic N) is 4. The second kappa shape index (κ2) is 3.96. The molecule has 0 spiro atoms. The maximum absolute atomic E-state index is 5.87. The van der Waals surface area contributed by atoms with Crippen LogP contribution in [0.15, 0.2) is 6.33 Å². The minimum absolute atomic E-state index is 0.356. The van der Waals surface area contributed by atoms with E-state index in [2.05, 4.69) is 15.1 Å². The zero-order valence-corrected chi connectivity index (χ0v) is 9.76. The number of anilines is 1. The van der Waals surface area contributed by atoms with Crippen LogP contribution in [-0.4, -0.2) is 33.0 Å². The second-order valence-electron chi connectivity index (χ2n) is 4.33. The first-order valence-corrected chi connectivity index (χ1v) is 5.80. The topological polar surface area (TPSA) is 78.8 Å². The Morgan fingerprint density at radius 3 is 2.88 bits per heavy atom. The molecule has 0 radical (unpaired) electrons. The number of hydrogen-bond acceptors (Lipinski definition) is 5. The number of fused-ring (bicyclic) bond motifs is 1. The van der Waals surface area contributed by atoms with E-state index in [0.717, 1.165) is 42.8 Å². The van der Waals surface area contributed by atoms with Gasteiger partial charge in [0, 0.05) is 13.2 Å². The van der Waals surface area contributed by atoms with E-state index in [1.807, 2.05) is 11.6 Å². The molecule has 6 heteroatoms. The van der Waals surface area contributed by atoms with Crippen LogP contribution < -0.4 is 5.73 Å². The summed E-state index contributed by atoms with van der Waals surface area (Å²) < 4.78 is 7.34. The van der Waals surface area contributed by atoms with E-state index >= 15 is 0 Å². The maximum atomic E-state index is 5.87. The van der Waals surface area contributed by atoms with E-state index in [-0.39, 0.29) is 0 Å². The molecule has 1 aliphatic rings. The Balaban J connectivity index is 2.13. The van der Waals surface area contributed by atoms with Crippen LogP contribution in [0.3, 0.4) is 0 Å². The van der Waals surface area contributed by atoms with Crippen molar-refractivity contribution in [2.75, 3.05) is 18.9 Å². The summed E-state index contributed by atoms with van der Waals surface area (Å²) >= 11 is 0. The van der Waals surface area contributed by atoms with E-state index in [4.69, 9.17) is 10.5 Å². The van der Waals surface area contributed by atoms with Crippen LogP contribution in [0, 0.1) is 6.92 Å². The van der Waals surface area contributed by atoms with Crippen molar-refractivity contribution in [3.63, 3.8) is 0 Å². The molecule has 0 saturated carbocycles. The monoisotopic (exact) mass is 233 g/mol. The van der Waals surface area contributed by atoms with Gasteiger partial charge in [0.2, 0.25) is 0 Å². The van der Waals surface area contributed by atoms with E-state index in [9.17, 15) is 0 Å². The fourth-order valence-electron chi connectivity index (χ4n) is 2.35. The Morgan fingerprint density at radius 2 is 2.12 bits per heavy atom. The van der Waals surface area contributed by atoms with Crippen molar-refractivity contribution in [3.8, 4) is 0 Å². The zero-order chi connectivity index (χ0) is 11.8. The summed E-state index contributed by atoms with van der Waals surface area (Å²) in [6, 6.07) is 0.356. The van der Waals surface area contributed by atoms with Gasteiger partial charge in [-0.3, -0.25) is 0 Å². The molecule has 1 saturated heterocycles. The van der Waals surface area contributed by atoms with E-state index in [1.54, 1.807) is 0 Å². The van der Waals surface area contributed by atoms with Crippen LogP contribution in [0.4, 0.5) is 5.82 Å². The number of nitrogens with two attached hydrogens (primary N) is 1. The normalized spacial score (nSPS) is 17.7. The molecular weight excluding hydrogens is 218 g/mol. The largest absolute Gasteiger partial charge is 0.383 e. The number of rotatable bonds is 1. The van der Waals surface area contributed by atoms with Crippen LogP contribution in [0.2, 0.25) is 0 Å². The summed E-state index contributed by atoms with van der Waals surface area (Å²) in [5.41, 5.74) is 7.60. The third kappa shape index (κ3) is 1.64. The summed E-state index contributed by atoms with van der Waals surface area (Å²) in [7, 11) is 0.